The summed E-state index contributed by atoms with van der Waals surface area (Å²) in [6, 6.07) is 3.01. The molecule has 1 aromatic carbocycles. The molecule has 2 N–H and O–H groups in total. The molecule has 0 radical (unpaired) electrons. The van der Waals surface area contributed by atoms with Crippen LogP contribution in [-0.4, -0.2) is 42.3 Å². The lowest BCUT2D eigenvalue weighted by atomic mass is 9.96. The second kappa shape index (κ2) is 8.73. The highest BCUT2D eigenvalue weighted by Gasteiger charge is 2.29. The molecular weight excluding hydrogens is 344 g/mol. The average molecular weight is 367 g/mol. The minimum atomic E-state index is -1.07. The van der Waals surface area contributed by atoms with Crippen molar-refractivity contribution in [2.75, 3.05) is 25.0 Å². The van der Waals surface area contributed by atoms with E-state index in [0.717, 1.165) is 18.6 Å². The van der Waals surface area contributed by atoms with E-state index in [1.807, 2.05) is 13.8 Å². The highest BCUT2D eigenvalue weighted by atomic mass is 19.2. The minimum Gasteiger partial charge on any atom is -0.347 e. The van der Waals surface area contributed by atoms with Gasteiger partial charge in [-0.25, -0.2) is 8.78 Å². The molecule has 2 rings (SSSR count). The molecule has 0 spiro atoms. The summed E-state index contributed by atoms with van der Waals surface area (Å²) in [6.45, 7) is 4.32. The topological polar surface area (TPSA) is 78.5 Å². The zero-order chi connectivity index (χ0) is 19.3. The number of rotatable bonds is 5. The number of benzene rings is 1. The molecular formula is C18H23F2N3O3. The van der Waals surface area contributed by atoms with Crippen LogP contribution < -0.4 is 10.6 Å². The van der Waals surface area contributed by atoms with Crippen molar-refractivity contribution in [3.8, 4) is 0 Å². The zero-order valence-corrected chi connectivity index (χ0v) is 14.9. The van der Waals surface area contributed by atoms with Crippen LogP contribution in [0.5, 0.6) is 0 Å². The van der Waals surface area contributed by atoms with E-state index in [-0.39, 0.29) is 35.9 Å². The Morgan fingerprint density at radius 2 is 1.96 bits per heavy atom. The predicted molar refractivity (Wildman–Crippen MR) is 92.1 cm³/mol. The van der Waals surface area contributed by atoms with Crippen LogP contribution in [0, 0.1) is 23.5 Å². The van der Waals surface area contributed by atoms with Crippen LogP contribution in [0.15, 0.2) is 18.2 Å². The lowest BCUT2D eigenvalue weighted by Gasteiger charge is -2.33. The molecule has 1 aliphatic rings. The molecule has 142 valence electrons. The second-order valence-corrected chi connectivity index (χ2v) is 6.67. The summed E-state index contributed by atoms with van der Waals surface area (Å²) in [7, 11) is 0. The van der Waals surface area contributed by atoms with Gasteiger partial charge in [0, 0.05) is 30.8 Å². The maximum Gasteiger partial charge on any atom is 0.243 e. The Balaban J connectivity index is 1.82. The van der Waals surface area contributed by atoms with Gasteiger partial charge in [-0.05, 0) is 25.0 Å². The Morgan fingerprint density at radius 3 is 2.62 bits per heavy atom. The Hall–Kier alpha value is -2.51. The molecule has 6 nitrogen and oxygen atoms in total. The number of nitrogens with one attached hydrogen (secondary N) is 2. The summed E-state index contributed by atoms with van der Waals surface area (Å²) in [6.07, 6.45) is 1.39. The van der Waals surface area contributed by atoms with Crippen molar-refractivity contribution in [3.63, 3.8) is 0 Å². The third-order valence-corrected chi connectivity index (χ3v) is 4.22. The van der Waals surface area contributed by atoms with Crippen LogP contribution >= 0.6 is 0 Å². The number of hydrogen-bond donors (Lipinski definition) is 2. The summed E-state index contributed by atoms with van der Waals surface area (Å²) < 4.78 is 26.0. The number of anilines is 1. The highest BCUT2D eigenvalue weighted by molar-refractivity contribution is 5.94. The average Bonchev–Trinajstić information content (AvgIpc) is 2.62. The lowest BCUT2D eigenvalue weighted by Crippen LogP contribution is -2.47. The molecule has 3 amide bonds. The van der Waals surface area contributed by atoms with E-state index in [1.165, 1.54) is 6.07 Å². The van der Waals surface area contributed by atoms with Crippen molar-refractivity contribution >= 4 is 23.4 Å². The van der Waals surface area contributed by atoms with Crippen molar-refractivity contribution in [2.45, 2.75) is 26.7 Å². The molecule has 1 unspecified atom stereocenters. The van der Waals surface area contributed by atoms with E-state index in [9.17, 15) is 23.2 Å². The lowest BCUT2D eigenvalue weighted by molar-refractivity contribution is -0.138. The summed E-state index contributed by atoms with van der Waals surface area (Å²) in [4.78, 5) is 37.8. The van der Waals surface area contributed by atoms with E-state index >= 15 is 0 Å². The Morgan fingerprint density at radius 1 is 1.23 bits per heavy atom. The number of halogens is 2. The van der Waals surface area contributed by atoms with Crippen LogP contribution in [0.25, 0.3) is 0 Å². The standard InChI is InChI=1S/C18H23F2N3O3/c1-11(2)18(26)23-7-3-4-12(10-23)17(25)21-9-16(24)22-13-5-6-14(19)15(20)8-13/h5-6,8,11-12H,3-4,7,9-10H2,1-2H3,(H,21,25)(H,22,24). The van der Waals surface area contributed by atoms with Crippen LogP contribution in [0.1, 0.15) is 26.7 Å². The minimum absolute atomic E-state index is 0.0126. The van der Waals surface area contributed by atoms with Crippen molar-refractivity contribution < 1.29 is 23.2 Å². The van der Waals surface area contributed by atoms with E-state index in [0.29, 0.717) is 19.5 Å². The van der Waals surface area contributed by atoms with Crippen molar-refractivity contribution in [1.82, 2.24) is 10.2 Å². The van der Waals surface area contributed by atoms with Crippen molar-refractivity contribution in [3.05, 3.63) is 29.8 Å². The van der Waals surface area contributed by atoms with Gasteiger partial charge in [-0.1, -0.05) is 13.8 Å². The molecule has 1 heterocycles. The number of likely N-dealkylation sites (tertiary alicyclic amines) is 1. The van der Waals surface area contributed by atoms with E-state index in [4.69, 9.17) is 0 Å². The number of carbonyl (C=O) groups is 3. The number of carbonyl (C=O) groups excluding carboxylic acids is 3. The quantitative estimate of drug-likeness (QED) is 0.835. The summed E-state index contributed by atoms with van der Waals surface area (Å²) in [5, 5.41) is 4.92. The summed E-state index contributed by atoms with van der Waals surface area (Å²) >= 11 is 0. The van der Waals surface area contributed by atoms with Crippen LogP contribution in [0.4, 0.5) is 14.5 Å². The Bertz CT molecular complexity index is 694. The summed E-state index contributed by atoms with van der Waals surface area (Å²) in [5.41, 5.74) is 0.106. The van der Waals surface area contributed by atoms with E-state index in [1.54, 1.807) is 4.90 Å². The van der Waals surface area contributed by atoms with Gasteiger partial charge in [0.05, 0.1) is 12.5 Å². The molecule has 1 atom stereocenters. The Kier molecular flexibility index (Phi) is 6.65. The molecule has 1 saturated heterocycles. The van der Waals surface area contributed by atoms with Crippen LogP contribution in [0.3, 0.4) is 0 Å². The zero-order valence-electron chi connectivity index (χ0n) is 14.9. The Labute approximate surface area is 150 Å². The first-order valence-corrected chi connectivity index (χ1v) is 8.59. The smallest absolute Gasteiger partial charge is 0.243 e. The third kappa shape index (κ3) is 5.24. The number of hydrogen-bond acceptors (Lipinski definition) is 3. The fourth-order valence-electron chi connectivity index (χ4n) is 2.85. The van der Waals surface area contributed by atoms with Gasteiger partial charge in [-0.2, -0.15) is 0 Å². The fraction of sp³-hybridized carbons (Fsp3) is 0.500. The molecule has 0 aromatic heterocycles. The molecule has 1 aliphatic heterocycles. The van der Waals surface area contributed by atoms with Gasteiger partial charge in [-0.15, -0.1) is 0 Å². The number of nitrogens with zero attached hydrogens (tertiary/aromatic N) is 1. The molecule has 1 aromatic rings. The van der Waals surface area contributed by atoms with Crippen molar-refractivity contribution in [2.24, 2.45) is 11.8 Å². The third-order valence-electron chi connectivity index (χ3n) is 4.22. The first-order valence-electron chi connectivity index (χ1n) is 8.59. The first kappa shape index (κ1) is 19.8. The molecule has 26 heavy (non-hydrogen) atoms. The predicted octanol–water partition coefficient (Wildman–Crippen LogP) is 1.91. The van der Waals surface area contributed by atoms with Gasteiger partial charge >= 0.3 is 0 Å². The van der Waals surface area contributed by atoms with Gasteiger partial charge in [0.15, 0.2) is 11.6 Å². The normalized spacial score (nSPS) is 17.1. The van der Waals surface area contributed by atoms with Gasteiger partial charge in [-0.3, -0.25) is 14.4 Å². The number of piperidine rings is 1. The van der Waals surface area contributed by atoms with E-state index < -0.39 is 17.5 Å². The molecule has 0 saturated carbocycles. The molecule has 0 aliphatic carbocycles. The van der Waals surface area contributed by atoms with E-state index in [2.05, 4.69) is 10.6 Å². The number of amides is 3. The first-order chi connectivity index (χ1) is 12.3. The van der Waals surface area contributed by atoms with Gasteiger partial charge in [0.25, 0.3) is 0 Å². The largest absolute Gasteiger partial charge is 0.347 e. The van der Waals surface area contributed by atoms with Gasteiger partial charge < -0.3 is 15.5 Å². The van der Waals surface area contributed by atoms with Crippen molar-refractivity contribution in [1.29, 1.82) is 0 Å². The second-order valence-electron chi connectivity index (χ2n) is 6.67. The van der Waals surface area contributed by atoms with Crippen LogP contribution in [0.2, 0.25) is 0 Å². The fourth-order valence-corrected chi connectivity index (χ4v) is 2.85. The van der Waals surface area contributed by atoms with Crippen LogP contribution in [-0.2, 0) is 14.4 Å². The maximum atomic E-state index is 13.1. The van der Waals surface area contributed by atoms with Gasteiger partial charge in [0.1, 0.15) is 0 Å². The molecule has 8 heteroatoms. The monoisotopic (exact) mass is 367 g/mol. The van der Waals surface area contributed by atoms with Gasteiger partial charge in [0.2, 0.25) is 17.7 Å². The maximum absolute atomic E-state index is 13.1. The molecule has 0 bridgehead atoms. The summed E-state index contributed by atoms with van der Waals surface area (Å²) in [5.74, 6) is -3.39. The highest BCUT2D eigenvalue weighted by Crippen LogP contribution is 2.18. The molecule has 1 fully saturated rings. The SMILES string of the molecule is CC(C)C(=O)N1CCCC(C(=O)NCC(=O)Nc2ccc(F)c(F)c2)C1.